The molecule has 2 aromatic rings. The average Bonchev–Trinajstić information content (AvgIpc) is 3.08. The number of allylic oxidation sites excluding steroid dienone is 1. The Labute approximate surface area is 206 Å². The van der Waals surface area contributed by atoms with Crippen LogP contribution in [0.4, 0.5) is 5.69 Å². The second-order valence-electron chi connectivity index (χ2n) is 11.1. The first-order valence-corrected chi connectivity index (χ1v) is 16.5. The Morgan fingerprint density at radius 1 is 1.06 bits per heavy atom. The summed E-state index contributed by atoms with van der Waals surface area (Å²) in [5.74, 6) is 0.828. The van der Waals surface area contributed by atoms with Crippen molar-refractivity contribution in [1.82, 2.24) is 0 Å². The van der Waals surface area contributed by atoms with Gasteiger partial charge in [0.2, 0.25) is 8.32 Å². The molecule has 0 fully saturated rings. The van der Waals surface area contributed by atoms with Crippen LogP contribution in [0.1, 0.15) is 57.1 Å². The first-order valence-electron chi connectivity index (χ1n) is 12.1. The Balaban J connectivity index is 1.83. The van der Waals surface area contributed by atoms with E-state index in [2.05, 4.69) is 52.6 Å². The molecule has 0 radical (unpaired) electrons. The monoisotopic (exact) mass is 495 g/mol. The van der Waals surface area contributed by atoms with Gasteiger partial charge in [-0.05, 0) is 74.2 Å². The minimum Gasteiger partial charge on any atom is -0.543 e. The highest BCUT2D eigenvalue weighted by atomic mass is 32.2. The highest BCUT2D eigenvalue weighted by Gasteiger charge is 2.48. The van der Waals surface area contributed by atoms with Crippen LogP contribution in [0.3, 0.4) is 0 Å². The summed E-state index contributed by atoms with van der Waals surface area (Å²) in [6.07, 6.45) is 4.92. The van der Waals surface area contributed by atoms with E-state index in [1.165, 1.54) is 0 Å². The van der Waals surface area contributed by atoms with Crippen molar-refractivity contribution in [2.45, 2.75) is 81.9 Å². The molecule has 34 heavy (non-hydrogen) atoms. The molecule has 2 aromatic carbocycles. The van der Waals surface area contributed by atoms with E-state index in [0.717, 1.165) is 47.4 Å². The SMILES string of the molecule is C=C1/C(O[Si](C)(C)C(C)(C)C)=C\CCCC2c3ccccc3N(S(=O)(=O)c3ccc(C)cc3)C12. The molecular formula is C28H37NO3SSi. The number of hydrogen-bond acceptors (Lipinski definition) is 3. The van der Waals surface area contributed by atoms with Crippen LogP contribution >= 0.6 is 0 Å². The molecule has 182 valence electrons. The third kappa shape index (κ3) is 4.26. The van der Waals surface area contributed by atoms with Crippen molar-refractivity contribution >= 4 is 24.0 Å². The molecule has 2 atom stereocenters. The number of anilines is 1. The summed E-state index contributed by atoms with van der Waals surface area (Å²) in [4.78, 5) is 0.305. The van der Waals surface area contributed by atoms with Crippen molar-refractivity contribution in [3.63, 3.8) is 0 Å². The summed E-state index contributed by atoms with van der Waals surface area (Å²) in [7, 11) is -5.93. The second kappa shape index (κ2) is 8.72. The summed E-state index contributed by atoms with van der Waals surface area (Å²) in [5, 5.41) is 0.0299. The molecule has 4 rings (SSSR count). The van der Waals surface area contributed by atoms with Gasteiger partial charge >= 0.3 is 0 Å². The molecule has 0 saturated carbocycles. The average molecular weight is 496 g/mol. The molecule has 6 heteroatoms. The lowest BCUT2D eigenvalue weighted by Gasteiger charge is -2.40. The third-order valence-electron chi connectivity index (χ3n) is 7.68. The molecule has 0 aromatic heterocycles. The molecule has 1 aliphatic carbocycles. The highest BCUT2D eigenvalue weighted by Crippen LogP contribution is 2.51. The van der Waals surface area contributed by atoms with E-state index in [1.54, 1.807) is 16.4 Å². The molecule has 0 bridgehead atoms. The number of aryl methyl sites for hydroxylation is 1. The zero-order valence-corrected chi connectivity index (χ0v) is 23.1. The van der Waals surface area contributed by atoms with E-state index in [9.17, 15) is 8.42 Å². The molecule has 0 N–H and O–H groups in total. The lowest BCUT2D eigenvalue weighted by atomic mass is 9.84. The van der Waals surface area contributed by atoms with E-state index in [1.807, 2.05) is 37.3 Å². The lowest BCUT2D eigenvalue weighted by Crippen LogP contribution is -2.44. The van der Waals surface area contributed by atoms with Gasteiger partial charge in [0, 0.05) is 11.5 Å². The third-order valence-corrected chi connectivity index (χ3v) is 13.8. The van der Waals surface area contributed by atoms with Crippen LogP contribution in [-0.2, 0) is 14.4 Å². The van der Waals surface area contributed by atoms with E-state index >= 15 is 0 Å². The van der Waals surface area contributed by atoms with Gasteiger partial charge in [-0.1, -0.05) is 63.2 Å². The fraction of sp³-hybridized carbons (Fsp3) is 0.429. The van der Waals surface area contributed by atoms with E-state index < -0.39 is 24.4 Å². The van der Waals surface area contributed by atoms with Crippen LogP contribution < -0.4 is 4.31 Å². The van der Waals surface area contributed by atoms with Crippen LogP contribution in [-0.4, -0.2) is 22.8 Å². The Morgan fingerprint density at radius 2 is 1.71 bits per heavy atom. The fourth-order valence-electron chi connectivity index (χ4n) is 4.67. The van der Waals surface area contributed by atoms with Gasteiger partial charge in [-0.2, -0.15) is 0 Å². The van der Waals surface area contributed by atoms with Gasteiger partial charge in [-0.3, -0.25) is 4.31 Å². The number of rotatable bonds is 4. The van der Waals surface area contributed by atoms with Gasteiger partial charge in [0.1, 0.15) is 5.76 Å². The predicted octanol–water partition coefficient (Wildman–Crippen LogP) is 7.30. The first kappa shape index (κ1) is 24.8. The summed E-state index contributed by atoms with van der Waals surface area (Å²) in [6, 6.07) is 14.6. The normalized spacial score (nSPS) is 22.8. The standard InChI is InChI=1S/C28H37NO3SSi/c1-20-16-18-22(19-17-20)33(30,31)29-25-14-10-8-12-23(25)24-13-9-11-15-26(21(2)27(24)29)32-34(6,7)28(3,4)5/h8,10,12,14-19,24,27H,2,9,11,13H2,1,3-7H3/b26-15+. The number of para-hydroxylation sites is 1. The summed E-state index contributed by atoms with van der Waals surface area (Å²) >= 11 is 0. The van der Waals surface area contributed by atoms with E-state index in [-0.39, 0.29) is 11.0 Å². The van der Waals surface area contributed by atoms with Gasteiger partial charge < -0.3 is 4.43 Å². The zero-order chi connectivity index (χ0) is 24.9. The van der Waals surface area contributed by atoms with Crippen molar-refractivity contribution in [3.05, 3.63) is 83.6 Å². The van der Waals surface area contributed by atoms with Crippen LogP contribution in [0.5, 0.6) is 0 Å². The molecular weight excluding hydrogens is 458 g/mol. The minimum atomic E-state index is -3.79. The predicted molar refractivity (Wildman–Crippen MR) is 143 cm³/mol. The van der Waals surface area contributed by atoms with E-state index in [4.69, 9.17) is 4.43 Å². The van der Waals surface area contributed by atoms with Crippen molar-refractivity contribution in [3.8, 4) is 0 Å². The molecule has 0 saturated heterocycles. The van der Waals surface area contributed by atoms with Crippen molar-refractivity contribution in [2.75, 3.05) is 4.31 Å². The molecule has 2 aliphatic rings. The molecule has 4 nitrogen and oxygen atoms in total. The number of nitrogens with zero attached hydrogens (tertiary/aromatic N) is 1. The number of benzene rings is 2. The van der Waals surface area contributed by atoms with Crippen molar-refractivity contribution < 1.29 is 12.8 Å². The summed E-state index contributed by atoms with van der Waals surface area (Å²) in [6.45, 7) is 17.5. The van der Waals surface area contributed by atoms with Crippen molar-refractivity contribution in [2.24, 2.45) is 0 Å². The highest BCUT2D eigenvalue weighted by molar-refractivity contribution is 7.93. The summed E-state index contributed by atoms with van der Waals surface area (Å²) < 4.78 is 36.6. The Kier molecular flexibility index (Phi) is 6.36. The smallest absolute Gasteiger partial charge is 0.264 e. The fourth-order valence-corrected chi connectivity index (χ4v) is 7.44. The first-order chi connectivity index (χ1) is 15.8. The van der Waals surface area contributed by atoms with Crippen LogP contribution in [0.15, 0.2) is 77.4 Å². The molecule has 0 amide bonds. The Hall–Kier alpha value is -2.31. The quantitative estimate of drug-likeness (QED) is 0.418. The van der Waals surface area contributed by atoms with Crippen LogP contribution in [0.25, 0.3) is 0 Å². The largest absolute Gasteiger partial charge is 0.543 e. The van der Waals surface area contributed by atoms with Gasteiger partial charge in [-0.25, -0.2) is 8.42 Å². The molecule has 1 aliphatic heterocycles. The maximum atomic E-state index is 14.1. The number of sulfonamides is 1. The number of hydrogen-bond donors (Lipinski definition) is 0. The second-order valence-corrected chi connectivity index (χ2v) is 17.7. The topological polar surface area (TPSA) is 46.6 Å². The van der Waals surface area contributed by atoms with Crippen molar-refractivity contribution in [1.29, 1.82) is 0 Å². The van der Waals surface area contributed by atoms with Crippen LogP contribution in [0, 0.1) is 6.92 Å². The molecule has 2 unspecified atom stereocenters. The number of fused-ring (bicyclic) bond motifs is 3. The maximum absolute atomic E-state index is 14.1. The Morgan fingerprint density at radius 3 is 2.35 bits per heavy atom. The molecule has 0 spiro atoms. The van der Waals surface area contributed by atoms with Gasteiger partial charge in [0.05, 0.1) is 16.6 Å². The van der Waals surface area contributed by atoms with Gasteiger partial charge in [-0.15, -0.1) is 0 Å². The zero-order valence-electron chi connectivity index (χ0n) is 21.3. The summed E-state index contributed by atoms with van der Waals surface area (Å²) in [5.41, 5.74) is 3.63. The van der Waals surface area contributed by atoms with Gasteiger partial charge in [0.15, 0.2) is 0 Å². The lowest BCUT2D eigenvalue weighted by molar-refractivity contribution is 0.376. The van der Waals surface area contributed by atoms with Crippen LogP contribution in [0.2, 0.25) is 18.1 Å². The van der Waals surface area contributed by atoms with E-state index in [0.29, 0.717) is 4.90 Å². The van der Waals surface area contributed by atoms with Gasteiger partial charge in [0.25, 0.3) is 10.0 Å². The molecule has 1 heterocycles. The minimum absolute atomic E-state index is 0.0299. The maximum Gasteiger partial charge on any atom is 0.264 e. The Bertz CT molecular complexity index is 1220.